The maximum atomic E-state index is 4.63. The smallest absolute Gasteiger partial charge is 0.201 e. The molecule has 0 bridgehead atoms. The molecule has 0 aliphatic heterocycles. The summed E-state index contributed by atoms with van der Waals surface area (Å²) in [7, 11) is 0. The van der Waals surface area contributed by atoms with Gasteiger partial charge in [0.25, 0.3) is 0 Å². The van der Waals surface area contributed by atoms with E-state index in [1.807, 2.05) is 12.5 Å². The number of aromatic nitrogens is 4. The number of nitrogens with one attached hydrogen (secondary N) is 2. The molecule has 0 saturated heterocycles. The van der Waals surface area contributed by atoms with Gasteiger partial charge in [0.1, 0.15) is 0 Å². The number of nitrogens with zero attached hydrogens (tertiary/aromatic N) is 3. The van der Waals surface area contributed by atoms with E-state index in [0.717, 1.165) is 30.1 Å². The number of aromatic amines is 1. The largest absolute Gasteiger partial charge is 0.352 e. The van der Waals surface area contributed by atoms with Crippen LogP contribution in [0.25, 0.3) is 11.0 Å². The Morgan fingerprint density at radius 2 is 1.92 bits per heavy atom. The molecule has 2 heterocycles. The minimum Gasteiger partial charge on any atom is -0.352 e. The number of aryl methyl sites for hydroxylation is 2. The normalized spacial score (nSPS) is 11.1. The highest BCUT2D eigenvalue weighted by Gasteiger charge is 2.05. The van der Waals surface area contributed by atoms with Crippen molar-refractivity contribution >= 4 is 17.0 Å². The van der Waals surface area contributed by atoms with Gasteiger partial charge in [-0.25, -0.2) is 9.97 Å². The van der Waals surface area contributed by atoms with Gasteiger partial charge in [0.2, 0.25) is 5.95 Å². The van der Waals surface area contributed by atoms with Gasteiger partial charge in [0.15, 0.2) is 0 Å². The first kappa shape index (κ1) is 15.4. The molecule has 25 heavy (non-hydrogen) atoms. The van der Waals surface area contributed by atoms with Crippen LogP contribution in [0.15, 0.2) is 55.1 Å². The van der Waals surface area contributed by atoms with Crippen LogP contribution in [0.5, 0.6) is 0 Å². The first-order valence-electron chi connectivity index (χ1n) is 8.42. The molecule has 5 heteroatoms. The molecule has 0 unspecified atom stereocenters. The van der Waals surface area contributed by atoms with E-state index in [9.17, 15) is 0 Å². The third-order valence-electron chi connectivity index (χ3n) is 4.47. The summed E-state index contributed by atoms with van der Waals surface area (Å²) >= 11 is 0. The summed E-state index contributed by atoms with van der Waals surface area (Å²) in [4.78, 5) is 12.1. The highest BCUT2D eigenvalue weighted by Crippen LogP contribution is 2.19. The fraction of sp³-hybridized carbons (Fsp3) is 0.200. The van der Waals surface area contributed by atoms with Crippen molar-refractivity contribution in [2.24, 2.45) is 0 Å². The molecule has 0 fully saturated rings. The van der Waals surface area contributed by atoms with Crippen molar-refractivity contribution < 1.29 is 0 Å². The molecule has 2 aromatic heterocycles. The lowest BCUT2D eigenvalue weighted by Crippen LogP contribution is -2.02. The Bertz CT molecular complexity index is 959. The third-order valence-corrected chi connectivity index (χ3v) is 4.47. The molecule has 4 rings (SSSR count). The second-order valence-electron chi connectivity index (χ2n) is 6.45. The molecule has 0 saturated carbocycles. The Morgan fingerprint density at radius 3 is 2.76 bits per heavy atom. The van der Waals surface area contributed by atoms with Crippen LogP contribution in [0, 0.1) is 13.8 Å². The van der Waals surface area contributed by atoms with Crippen LogP contribution in [-0.2, 0) is 13.1 Å². The van der Waals surface area contributed by atoms with Crippen molar-refractivity contribution in [3.8, 4) is 0 Å². The molecule has 2 aromatic carbocycles. The van der Waals surface area contributed by atoms with Crippen molar-refractivity contribution in [1.29, 1.82) is 0 Å². The molecule has 2 N–H and O–H groups in total. The molecule has 5 nitrogen and oxygen atoms in total. The van der Waals surface area contributed by atoms with Crippen molar-refractivity contribution in [3.05, 3.63) is 77.4 Å². The van der Waals surface area contributed by atoms with Gasteiger partial charge in [-0.2, -0.15) is 0 Å². The van der Waals surface area contributed by atoms with Gasteiger partial charge in [-0.1, -0.05) is 24.3 Å². The Kier molecular flexibility index (Phi) is 3.98. The van der Waals surface area contributed by atoms with E-state index >= 15 is 0 Å². The zero-order chi connectivity index (χ0) is 17.2. The van der Waals surface area contributed by atoms with E-state index in [0.29, 0.717) is 0 Å². The van der Waals surface area contributed by atoms with Crippen LogP contribution in [0.4, 0.5) is 5.95 Å². The molecular formula is C20H21N5. The fourth-order valence-corrected chi connectivity index (χ4v) is 2.97. The van der Waals surface area contributed by atoms with E-state index in [4.69, 9.17) is 0 Å². The summed E-state index contributed by atoms with van der Waals surface area (Å²) in [6, 6.07) is 12.8. The summed E-state index contributed by atoms with van der Waals surface area (Å²) in [5.74, 6) is 0.806. The van der Waals surface area contributed by atoms with Gasteiger partial charge >= 0.3 is 0 Å². The molecular weight excluding hydrogens is 310 g/mol. The van der Waals surface area contributed by atoms with Gasteiger partial charge in [-0.05, 0) is 48.2 Å². The maximum Gasteiger partial charge on any atom is 0.201 e. The van der Waals surface area contributed by atoms with E-state index in [1.54, 1.807) is 6.20 Å². The molecule has 0 aliphatic carbocycles. The Morgan fingerprint density at radius 1 is 1.08 bits per heavy atom. The topological polar surface area (TPSA) is 58.5 Å². The van der Waals surface area contributed by atoms with E-state index in [1.165, 1.54) is 22.3 Å². The molecule has 0 amide bonds. The molecule has 0 aliphatic rings. The number of hydrogen-bond donors (Lipinski definition) is 2. The molecule has 0 radical (unpaired) electrons. The van der Waals surface area contributed by atoms with E-state index < -0.39 is 0 Å². The minimum absolute atomic E-state index is 0.732. The van der Waals surface area contributed by atoms with Crippen LogP contribution in [-0.4, -0.2) is 19.5 Å². The molecule has 126 valence electrons. The van der Waals surface area contributed by atoms with Gasteiger partial charge in [-0.15, -0.1) is 0 Å². The number of fused-ring (bicyclic) bond motifs is 1. The van der Waals surface area contributed by atoms with Crippen LogP contribution in [0.3, 0.4) is 0 Å². The van der Waals surface area contributed by atoms with Crippen LogP contribution in [0.1, 0.15) is 22.3 Å². The van der Waals surface area contributed by atoms with Gasteiger partial charge < -0.3 is 14.9 Å². The number of imidazole rings is 2. The van der Waals surface area contributed by atoms with Crippen molar-refractivity contribution in [2.45, 2.75) is 26.9 Å². The standard InChI is InChI=1S/C20H21N5/c1-14-8-18-19(9-15(14)2)24-20(23-18)22-11-16-4-3-5-17(10-16)12-25-7-6-21-13-25/h3-10,13H,11-12H2,1-2H3,(H2,22,23,24). The van der Waals surface area contributed by atoms with Gasteiger partial charge in [-0.3, -0.25) is 0 Å². The first-order valence-corrected chi connectivity index (χ1v) is 8.42. The quantitative estimate of drug-likeness (QED) is 0.580. The number of H-pyrrole nitrogens is 1. The maximum absolute atomic E-state index is 4.63. The first-order chi connectivity index (χ1) is 12.2. The number of anilines is 1. The monoisotopic (exact) mass is 331 g/mol. The zero-order valence-corrected chi connectivity index (χ0v) is 14.5. The number of benzene rings is 2. The average Bonchev–Trinajstić information content (AvgIpc) is 3.23. The summed E-state index contributed by atoms with van der Waals surface area (Å²) in [5.41, 5.74) is 7.09. The second kappa shape index (κ2) is 6.43. The predicted molar refractivity (Wildman–Crippen MR) is 101 cm³/mol. The number of hydrogen-bond acceptors (Lipinski definition) is 3. The van der Waals surface area contributed by atoms with Gasteiger partial charge in [0, 0.05) is 25.5 Å². The Labute approximate surface area is 146 Å². The van der Waals surface area contributed by atoms with E-state index in [2.05, 4.69) is 75.1 Å². The van der Waals surface area contributed by atoms with Crippen molar-refractivity contribution in [1.82, 2.24) is 19.5 Å². The van der Waals surface area contributed by atoms with Crippen molar-refractivity contribution in [2.75, 3.05) is 5.32 Å². The van der Waals surface area contributed by atoms with E-state index in [-0.39, 0.29) is 0 Å². The highest BCUT2D eigenvalue weighted by molar-refractivity contribution is 5.79. The molecule has 0 spiro atoms. The van der Waals surface area contributed by atoms with Crippen LogP contribution >= 0.6 is 0 Å². The highest BCUT2D eigenvalue weighted by atomic mass is 15.1. The molecule has 4 aromatic rings. The fourth-order valence-electron chi connectivity index (χ4n) is 2.97. The zero-order valence-electron chi connectivity index (χ0n) is 14.5. The SMILES string of the molecule is Cc1cc2nc(NCc3cccc(Cn4ccnc4)c3)[nH]c2cc1C. The van der Waals surface area contributed by atoms with Crippen LogP contribution in [0.2, 0.25) is 0 Å². The summed E-state index contributed by atoms with van der Waals surface area (Å²) in [6.07, 6.45) is 5.61. The summed E-state index contributed by atoms with van der Waals surface area (Å²) in [6.45, 7) is 5.80. The Balaban J connectivity index is 1.47. The third kappa shape index (κ3) is 3.40. The van der Waals surface area contributed by atoms with Gasteiger partial charge in [0.05, 0.1) is 17.4 Å². The predicted octanol–water partition coefficient (Wildman–Crippen LogP) is 4.04. The Hall–Kier alpha value is -3.08. The second-order valence-corrected chi connectivity index (χ2v) is 6.45. The summed E-state index contributed by atoms with van der Waals surface area (Å²) < 4.78 is 2.07. The lowest BCUT2D eigenvalue weighted by atomic mass is 10.1. The minimum atomic E-state index is 0.732. The van der Waals surface area contributed by atoms with Crippen molar-refractivity contribution in [3.63, 3.8) is 0 Å². The lowest BCUT2D eigenvalue weighted by Gasteiger charge is -2.07. The van der Waals surface area contributed by atoms with Crippen LogP contribution < -0.4 is 5.32 Å². The average molecular weight is 331 g/mol. The number of rotatable bonds is 5. The summed E-state index contributed by atoms with van der Waals surface area (Å²) in [5, 5.41) is 3.39. The lowest BCUT2D eigenvalue weighted by molar-refractivity contribution is 0.796. The molecule has 0 atom stereocenters.